The first-order valence-corrected chi connectivity index (χ1v) is 10.1. The fourth-order valence-corrected chi connectivity index (χ4v) is 4.30. The Hall–Kier alpha value is -3.00. The van der Waals surface area contributed by atoms with Crippen molar-refractivity contribution in [2.75, 3.05) is 40.5 Å². The Morgan fingerprint density at radius 3 is 2.57 bits per heavy atom. The minimum absolute atomic E-state index is 0.0437. The van der Waals surface area contributed by atoms with Crippen LogP contribution < -0.4 is 14.8 Å². The summed E-state index contributed by atoms with van der Waals surface area (Å²) in [7, 11) is 3.14. The number of rotatable bonds is 7. The van der Waals surface area contributed by atoms with E-state index in [1.165, 1.54) is 0 Å². The number of carbonyl (C=O) groups is 2. The molecule has 1 aromatic rings. The largest absolute Gasteiger partial charge is 0.497 e. The summed E-state index contributed by atoms with van der Waals surface area (Å²) in [6, 6.07) is 4.55. The summed E-state index contributed by atoms with van der Waals surface area (Å²) in [6.45, 7) is 5.72. The molecule has 3 aliphatic heterocycles. The van der Waals surface area contributed by atoms with Crippen molar-refractivity contribution in [1.82, 2.24) is 15.1 Å². The molecule has 1 aromatic carbocycles. The van der Waals surface area contributed by atoms with Crippen LogP contribution in [0.5, 0.6) is 11.5 Å². The van der Waals surface area contributed by atoms with Gasteiger partial charge in [0.1, 0.15) is 11.5 Å². The minimum Gasteiger partial charge on any atom is -0.497 e. The molecule has 2 atom stereocenters. The molecule has 0 radical (unpaired) electrons. The molecule has 4 rings (SSSR count). The normalized spacial score (nSPS) is 23.5. The summed E-state index contributed by atoms with van der Waals surface area (Å²) >= 11 is 0. The molecule has 1 N–H and O–H groups in total. The van der Waals surface area contributed by atoms with Crippen molar-refractivity contribution in [3.05, 3.63) is 47.7 Å². The average molecular weight is 413 g/mol. The highest BCUT2D eigenvalue weighted by atomic mass is 16.5. The maximum atomic E-state index is 13.4. The van der Waals surface area contributed by atoms with Crippen molar-refractivity contribution in [2.24, 2.45) is 0 Å². The summed E-state index contributed by atoms with van der Waals surface area (Å²) in [5.41, 5.74) is 2.02. The van der Waals surface area contributed by atoms with Gasteiger partial charge in [-0.1, -0.05) is 6.08 Å². The second kappa shape index (κ2) is 8.39. The molecule has 0 aliphatic carbocycles. The van der Waals surface area contributed by atoms with E-state index in [0.717, 1.165) is 25.0 Å². The van der Waals surface area contributed by atoms with Gasteiger partial charge in [0, 0.05) is 25.8 Å². The van der Waals surface area contributed by atoms with E-state index in [1.54, 1.807) is 36.2 Å². The number of amides is 3. The highest BCUT2D eigenvalue weighted by molar-refractivity contribution is 6.01. The van der Waals surface area contributed by atoms with E-state index in [1.807, 2.05) is 12.1 Å². The lowest BCUT2D eigenvalue weighted by molar-refractivity contribution is -0.127. The maximum absolute atomic E-state index is 13.4. The Balaban J connectivity index is 1.72. The Morgan fingerprint density at radius 1 is 1.23 bits per heavy atom. The van der Waals surface area contributed by atoms with Gasteiger partial charge >= 0.3 is 6.03 Å². The topological polar surface area (TPSA) is 80.3 Å². The van der Waals surface area contributed by atoms with Crippen LogP contribution in [0.15, 0.2) is 42.1 Å². The number of urea groups is 1. The van der Waals surface area contributed by atoms with E-state index in [2.05, 4.69) is 11.9 Å². The van der Waals surface area contributed by atoms with Gasteiger partial charge in [-0.05, 0) is 30.5 Å². The molecule has 0 unspecified atom stereocenters. The molecule has 0 bridgehead atoms. The molecule has 0 saturated carbocycles. The average Bonchev–Trinajstić information content (AvgIpc) is 3.38. The van der Waals surface area contributed by atoms with Crippen LogP contribution >= 0.6 is 0 Å². The van der Waals surface area contributed by atoms with Gasteiger partial charge in [0.2, 0.25) is 0 Å². The highest BCUT2D eigenvalue weighted by Crippen LogP contribution is 2.38. The molecule has 3 aliphatic rings. The van der Waals surface area contributed by atoms with Crippen LogP contribution in [0.1, 0.15) is 24.4 Å². The van der Waals surface area contributed by atoms with Gasteiger partial charge in [0.15, 0.2) is 0 Å². The zero-order chi connectivity index (χ0) is 21.3. The third-order valence-corrected chi connectivity index (χ3v) is 5.76. The summed E-state index contributed by atoms with van der Waals surface area (Å²) in [6.07, 6.45) is 3.65. The summed E-state index contributed by atoms with van der Waals surface area (Å²) in [4.78, 5) is 29.7. The van der Waals surface area contributed by atoms with E-state index in [4.69, 9.17) is 14.2 Å². The first kappa shape index (κ1) is 20.3. The van der Waals surface area contributed by atoms with Crippen molar-refractivity contribution in [1.29, 1.82) is 0 Å². The van der Waals surface area contributed by atoms with Crippen LogP contribution in [0, 0.1) is 0 Å². The van der Waals surface area contributed by atoms with E-state index < -0.39 is 6.04 Å². The molecule has 3 heterocycles. The predicted molar refractivity (Wildman–Crippen MR) is 110 cm³/mol. The number of hydrogen-bond donors (Lipinski definition) is 1. The standard InChI is InChI=1S/C22H27N3O5/c1-4-7-25-18-13-24(12-15-6-5-8-30-15)21(26)19(18)20(23-22(25)27)14-9-16(28-2)11-17(10-14)29-3/h4,9-11,15,20H,1,5-8,12-13H2,2-3H3,(H,23,27)/t15-,20+/m0/s1. The second-order valence-electron chi connectivity index (χ2n) is 7.61. The SMILES string of the molecule is C=CCN1C(=O)N[C@H](c2cc(OC)cc(OC)c2)C2=C1CN(C[C@@H]1CCCO1)C2=O. The van der Waals surface area contributed by atoms with Crippen LogP contribution in [0.25, 0.3) is 0 Å². The molecule has 1 saturated heterocycles. The van der Waals surface area contributed by atoms with Gasteiger partial charge in [-0.3, -0.25) is 9.69 Å². The number of nitrogens with zero attached hydrogens (tertiary/aromatic N) is 2. The number of carbonyl (C=O) groups excluding carboxylic acids is 2. The lowest BCUT2D eigenvalue weighted by atomic mass is 9.95. The molecular weight excluding hydrogens is 386 g/mol. The van der Waals surface area contributed by atoms with Crippen LogP contribution in [-0.2, 0) is 9.53 Å². The van der Waals surface area contributed by atoms with Crippen molar-refractivity contribution in [2.45, 2.75) is 25.0 Å². The van der Waals surface area contributed by atoms with E-state index >= 15 is 0 Å². The Kier molecular flexibility index (Phi) is 5.67. The lowest BCUT2D eigenvalue weighted by Gasteiger charge is -2.33. The fourth-order valence-electron chi connectivity index (χ4n) is 4.30. The molecule has 8 nitrogen and oxygen atoms in total. The molecule has 160 valence electrons. The summed E-state index contributed by atoms with van der Waals surface area (Å²) in [5, 5.41) is 2.98. The highest BCUT2D eigenvalue weighted by Gasteiger charge is 2.44. The molecule has 0 aromatic heterocycles. The minimum atomic E-state index is -0.584. The third-order valence-electron chi connectivity index (χ3n) is 5.76. The number of hydrogen-bond acceptors (Lipinski definition) is 5. The zero-order valence-corrected chi connectivity index (χ0v) is 17.3. The lowest BCUT2D eigenvalue weighted by Crippen LogP contribution is -2.47. The van der Waals surface area contributed by atoms with Crippen molar-refractivity contribution in [3.8, 4) is 11.5 Å². The monoisotopic (exact) mass is 413 g/mol. The fraction of sp³-hybridized carbons (Fsp3) is 0.455. The third kappa shape index (κ3) is 3.63. The molecule has 1 fully saturated rings. The van der Waals surface area contributed by atoms with Crippen molar-refractivity contribution >= 4 is 11.9 Å². The van der Waals surface area contributed by atoms with Crippen LogP contribution in [0.2, 0.25) is 0 Å². The van der Waals surface area contributed by atoms with Crippen molar-refractivity contribution in [3.63, 3.8) is 0 Å². The van der Waals surface area contributed by atoms with Gasteiger partial charge < -0.3 is 24.4 Å². The molecular formula is C22H27N3O5. The molecule has 30 heavy (non-hydrogen) atoms. The molecule has 8 heteroatoms. The number of nitrogens with one attached hydrogen (secondary N) is 1. The first-order chi connectivity index (χ1) is 14.5. The Morgan fingerprint density at radius 2 is 1.97 bits per heavy atom. The van der Waals surface area contributed by atoms with Crippen molar-refractivity contribution < 1.29 is 23.8 Å². The molecule has 3 amide bonds. The van der Waals surface area contributed by atoms with Crippen LogP contribution in [0.3, 0.4) is 0 Å². The van der Waals surface area contributed by atoms with E-state index in [0.29, 0.717) is 42.4 Å². The first-order valence-electron chi connectivity index (χ1n) is 10.1. The van der Waals surface area contributed by atoms with Gasteiger partial charge in [-0.25, -0.2) is 4.79 Å². The maximum Gasteiger partial charge on any atom is 0.322 e. The predicted octanol–water partition coefficient (Wildman–Crippen LogP) is 2.23. The molecule has 0 spiro atoms. The zero-order valence-electron chi connectivity index (χ0n) is 17.3. The number of ether oxygens (including phenoxy) is 3. The quantitative estimate of drug-likeness (QED) is 0.694. The van der Waals surface area contributed by atoms with Crippen LogP contribution in [-0.4, -0.2) is 68.3 Å². The number of benzene rings is 1. The summed E-state index contributed by atoms with van der Waals surface area (Å²) in [5.74, 6) is 1.10. The Labute approximate surface area is 176 Å². The summed E-state index contributed by atoms with van der Waals surface area (Å²) < 4.78 is 16.5. The van der Waals surface area contributed by atoms with Crippen LogP contribution in [0.4, 0.5) is 4.79 Å². The van der Waals surface area contributed by atoms with Gasteiger partial charge in [-0.2, -0.15) is 0 Å². The second-order valence-corrected chi connectivity index (χ2v) is 7.61. The Bertz CT molecular complexity index is 869. The van der Waals surface area contributed by atoms with E-state index in [-0.39, 0.29) is 18.0 Å². The number of methoxy groups -OCH3 is 2. The van der Waals surface area contributed by atoms with E-state index in [9.17, 15) is 9.59 Å². The van der Waals surface area contributed by atoms with Gasteiger partial charge in [-0.15, -0.1) is 6.58 Å². The smallest absolute Gasteiger partial charge is 0.322 e. The van der Waals surface area contributed by atoms with Gasteiger partial charge in [0.25, 0.3) is 5.91 Å². The van der Waals surface area contributed by atoms with Gasteiger partial charge in [0.05, 0.1) is 44.2 Å².